The summed E-state index contributed by atoms with van der Waals surface area (Å²) in [6, 6.07) is 3.08. The van der Waals surface area contributed by atoms with E-state index in [0.717, 1.165) is 4.57 Å². The number of aryl methyl sites for hydroxylation is 1. The zero-order chi connectivity index (χ0) is 21.2. The molecule has 10 heteroatoms. The molecule has 3 aromatic rings. The van der Waals surface area contributed by atoms with Gasteiger partial charge < -0.3 is 19.2 Å². The third-order valence-electron chi connectivity index (χ3n) is 4.41. The molecule has 156 valence electrons. The molecule has 29 heavy (non-hydrogen) atoms. The van der Waals surface area contributed by atoms with Gasteiger partial charge in [0.2, 0.25) is 5.88 Å². The van der Waals surface area contributed by atoms with E-state index in [2.05, 4.69) is 4.98 Å². The number of benzene rings is 1. The first-order valence-electron chi connectivity index (χ1n) is 8.99. The molecule has 0 bridgehead atoms. The van der Waals surface area contributed by atoms with Gasteiger partial charge in [0, 0.05) is 23.6 Å². The van der Waals surface area contributed by atoms with E-state index in [1.165, 1.54) is 18.3 Å². The lowest BCUT2D eigenvalue weighted by Gasteiger charge is -2.15. The molecule has 0 saturated heterocycles. The van der Waals surface area contributed by atoms with Gasteiger partial charge >= 0.3 is 17.5 Å². The number of hydrogen-bond donors (Lipinski definition) is 2. The molecule has 3 rings (SSSR count). The quantitative estimate of drug-likeness (QED) is 0.458. The molecule has 0 aliphatic carbocycles. The summed E-state index contributed by atoms with van der Waals surface area (Å²) in [5.74, 6) is 0.112. The summed E-state index contributed by atoms with van der Waals surface area (Å²) in [7, 11) is 0. The number of ether oxygens (including phenoxy) is 1. The van der Waals surface area contributed by atoms with Crippen LogP contribution in [0.2, 0.25) is 0 Å². The minimum Gasteiger partial charge on any atom is -0.493 e. The molecular formula is C19H19F3N2O5. The van der Waals surface area contributed by atoms with E-state index in [-0.39, 0.29) is 30.0 Å². The highest BCUT2D eigenvalue weighted by atomic mass is 19.4. The van der Waals surface area contributed by atoms with Crippen LogP contribution >= 0.6 is 0 Å². The van der Waals surface area contributed by atoms with E-state index in [4.69, 9.17) is 9.15 Å². The van der Waals surface area contributed by atoms with E-state index < -0.39 is 23.1 Å². The Balaban J connectivity index is 1.89. The number of halogens is 3. The van der Waals surface area contributed by atoms with Crippen LogP contribution in [0.5, 0.6) is 11.6 Å². The van der Waals surface area contributed by atoms with Gasteiger partial charge in [-0.2, -0.15) is 13.2 Å². The van der Waals surface area contributed by atoms with Crippen LogP contribution in [-0.2, 0) is 19.1 Å². The number of nitrogens with one attached hydrogen (secondary N) is 1. The van der Waals surface area contributed by atoms with Gasteiger partial charge in [-0.15, -0.1) is 0 Å². The number of aromatic nitrogens is 2. The highest BCUT2D eigenvalue weighted by Crippen LogP contribution is 2.37. The lowest BCUT2D eigenvalue weighted by Crippen LogP contribution is -2.18. The molecule has 0 fully saturated rings. The van der Waals surface area contributed by atoms with E-state index in [1.807, 2.05) is 6.92 Å². The van der Waals surface area contributed by atoms with Crippen molar-refractivity contribution in [3.63, 3.8) is 0 Å². The molecule has 0 unspecified atom stereocenters. The van der Waals surface area contributed by atoms with Crippen molar-refractivity contribution < 1.29 is 27.4 Å². The average Bonchev–Trinajstić information content (AvgIpc) is 2.97. The highest BCUT2D eigenvalue weighted by Gasteiger charge is 2.34. The minimum absolute atomic E-state index is 0.135. The first-order valence-corrected chi connectivity index (χ1v) is 8.99. The third kappa shape index (κ3) is 4.30. The lowest BCUT2D eigenvalue weighted by molar-refractivity contribution is -0.136. The second kappa shape index (κ2) is 8.06. The van der Waals surface area contributed by atoms with E-state index in [0.29, 0.717) is 36.6 Å². The van der Waals surface area contributed by atoms with Gasteiger partial charge in [0.25, 0.3) is 0 Å². The number of alkyl halides is 3. The van der Waals surface area contributed by atoms with Gasteiger partial charge in [0.05, 0.1) is 18.4 Å². The van der Waals surface area contributed by atoms with Crippen molar-refractivity contribution in [2.75, 3.05) is 6.61 Å². The normalized spacial score (nSPS) is 11.9. The maximum absolute atomic E-state index is 13.3. The summed E-state index contributed by atoms with van der Waals surface area (Å²) >= 11 is 0. The van der Waals surface area contributed by atoms with E-state index >= 15 is 0 Å². The summed E-state index contributed by atoms with van der Waals surface area (Å²) < 4.78 is 51.8. The third-order valence-corrected chi connectivity index (χ3v) is 4.41. The maximum atomic E-state index is 13.3. The standard InChI is InChI=1S/C19H19F3N2O5/c1-2-4-12-14(28-8-3-7-24-15(25)10-23-18(24)27)6-5-11-13(19(20,21)22)9-16(26)29-17(11)12/h5-6,9-10,25H,2-4,7-8H2,1H3,(H,23,27). The molecule has 0 aliphatic rings. The predicted molar refractivity (Wildman–Crippen MR) is 98.3 cm³/mol. The smallest absolute Gasteiger partial charge is 0.417 e. The Morgan fingerprint density at radius 2 is 2.03 bits per heavy atom. The van der Waals surface area contributed by atoms with Crippen molar-refractivity contribution in [3.05, 3.63) is 56.4 Å². The number of fused-ring (bicyclic) bond motifs is 1. The zero-order valence-corrected chi connectivity index (χ0v) is 15.5. The molecule has 0 atom stereocenters. The van der Waals surface area contributed by atoms with Gasteiger partial charge in [0.15, 0.2) is 0 Å². The molecule has 0 spiro atoms. The fourth-order valence-electron chi connectivity index (χ4n) is 3.13. The molecular weight excluding hydrogens is 393 g/mol. The summed E-state index contributed by atoms with van der Waals surface area (Å²) in [6.07, 6.45) is -2.20. The van der Waals surface area contributed by atoms with Crippen molar-refractivity contribution in [2.24, 2.45) is 0 Å². The summed E-state index contributed by atoms with van der Waals surface area (Å²) in [4.78, 5) is 25.6. The van der Waals surface area contributed by atoms with Crippen molar-refractivity contribution in [1.82, 2.24) is 9.55 Å². The largest absolute Gasteiger partial charge is 0.493 e. The van der Waals surface area contributed by atoms with E-state index in [1.54, 1.807) is 0 Å². The van der Waals surface area contributed by atoms with Gasteiger partial charge in [0.1, 0.15) is 11.3 Å². The molecule has 0 aliphatic heterocycles. The van der Waals surface area contributed by atoms with Crippen LogP contribution < -0.4 is 16.1 Å². The van der Waals surface area contributed by atoms with Crippen LogP contribution in [0.25, 0.3) is 11.0 Å². The van der Waals surface area contributed by atoms with Crippen LogP contribution in [0.4, 0.5) is 13.2 Å². The number of imidazole rings is 1. The highest BCUT2D eigenvalue weighted by molar-refractivity contribution is 5.85. The average molecular weight is 412 g/mol. The van der Waals surface area contributed by atoms with Crippen molar-refractivity contribution in [3.8, 4) is 11.6 Å². The summed E-state index contributed by atoms with van der Waals surface area (Å²) in [5.41, 5.74) is -2.34. The Bertz CT molecular complexity index is 1130. The number of nitrogens with zero attached hydrogens (tertiary/aromatic N) is 1. The van der Waals surface area contributed by atoms with Gasteiger partial charge in [-0.3, -0.25) is 4.57 Å². The van der Waals surface area contributed by atoms with Crippen molar-refractivity contribution >= 4 is 11.0 Å². The van der Waals surface area contributed by atoms with Gasteiger partial charge in [-0.25, -0.2) is 9.59 Å². The fourth-order valence-corrected chi connectivity index (χ4v) is 3.13. The first kappa shape index (κ1) is 20.6. The molecule has 0 radical (unpaired) electrons. The zero-order valence-electron chi connectivity index (χ0n) is 15.5. The Kier molecular flexibility index (Phi) is 5.71. The number of aromatic amines is 1. The van der Waals surface area contributed by atoms with Crippen LogP contribution in [0.3, 0.4) is 0 Å². The molecule has 2 heterocycles. The number of H-pyrrole nitrogens is 1. The molecule has 1 aromatic carbocycles. The molecule has 0 saturated carbocycles. The number of hydrogen-bond acceptors (Lipinski definition) is 5. The number of aromatic hydroxyl groups is 1. The maximum Gasteiger partial charge on any atom is 0.417 e. The summed E-state index contributed by atoms with van der Waals surface area (Å²) in [6.45, 7) is 2.18. The fraction of sp³-hybridized carbons (Fsp3) is 0.368. The SMILES string of the molecule is CCCc1c(OCCCn2c(O)c[nH]c2=O)ccc2c(C(F)(F)F)cc(=O)oc12. The Hall–Kier alpha value is -3.17. The second-order valence-electron chi connectivity index (χ2n) is 6.45. The van der Waals surface area contributed by atoms with Crippen LogP contribution in [0, 0.1) is 0 Å². The summed E-state index contributed by atoms with van der Waals surface area (Å²) in [5, 5.41) is 9.36. The first-order chi connectivity index (χ1) is 13.7. The van der Waals surface area contributed by atoms with E-state index in [9.17, 15) is 27.9 Å². The minimum atomic E-state index is -4.69. The number of rotatable bonds is 7. The van der Waals surface area contributed by atoms with Gasteiger partial charge in [-0.1, -0.05) is 13.3 Å². The van der Waals surface area contributed by atoms with Crippen molar-refractivity contribution in [1.29, 1.82) is 0 Å². The molecule has 7 nitrogen and oxygen atoms in total. The van der Waals surface area contributed by atoms with Gasteiger partial charge in [-0.05, 0) is 25.0 Å². The van der Waals surface area contributed by atoms with Crippen LogP contribution in [0.15, 0.2) is 38.4 Å². The Morgan fingerprint density at radius 3 is 2.66 bits per heavy atom. The van der Waals surface area contributed by atoms with Crippen LogP contribution in [-0.4, -0.2) is 21.3 Å². The molecule has 2 N–H and O–H groups in total. The van der Waals surface area contributed by atoms with Crippen molar-refractivity contribution in [2.45, 2.75) is 38.9 Å². The van der Waals surface area contributed by atoms with Crippen LogP contribution in [0.1, 0.15) is 30.9 Å². The lowest BCUT2D eigenvalue weighted by atomic mass is 10.0. The Labute approximate surface area is 162 Å². The monoisotopic (exact) mass is 412 g/mol. The molecule has 0 amide bonds. The molecule has 2 aromatic heterocycles. The predicted octanol–water partition coefficient (Wildman–Crippen LogP) is 3.43. The topological polar surface area (TPSA) is 97.5 Å². The second-order valence-corrected chi connectivity index (χ2v) is 6.45. The Morgan fingerprint density at radius 1 is 1.28 bits per heavy atom.